The Morgan fingerprint density at radius 3 is 2.08 bits per heavy atom. The third kappa shape index (κ3) is 11.9. The minimum atomic E-state index is -3.23. The number of unbranched alkanes of at least 4 members (excludes halogenated alkanes) is 3. The normalized spacial score (nSPS) is 12.3. The number of sulfonamides is 1. The molecule has 0 saturated carbocycles. The molecule has 0 heterocycles. The summed E-state index contributed by atoms with van der Waals surface area (Å²) < 4.78 is 21.1. The summed E-state index contributed by atoms with van der Waals surface area (Å²) in [6, 6.07) is 0. The van der Waals surface area contributed by atoms with Gasteiger partial charge in [0.05, 0.1) is 5.75 Å². The largest absolute Gasteiger partial charge is 0.229 e. The van der Waals surface area contributed by atoms with Crippen LogP contribution in [-0.4, -0.2) is 14.2 Å². The lowest BCUT2D eigenvalue weighted by molar-refractivity contribution is 0.523. The van der Waals surface area contributed by atoms with E-state index in [1.54, 1.807) is 0 Å². The van der Waals surface area contributed by atoms with E-state index in [0.717, 1.165) is 18.8 Å². The van der Waals surface area contributed by atoms with Gasteiger partial charge in [0, 0.05) is 0 Å². The predicted octanol–water partition coefficient (Wildman–Crippen LogP) is 1.88. The van der Waals surface area contributed by atoms with Crippen molar-refractivity contribution < 1.29 is 8.42 Å². The molecule has 0 radical (unpaired) electrons. The second-order valence-corrected chi connectivity index (χ2v) is 5.70. The number of nitrogens with two attached hydrogens (primary N) is 1. The second-order valence-electron chi connectivity index (χ2n) is 3.96. The molecular formula is C9H21NO2S. The minimum absolute atomic E-state index is 0.134. The zero-order chi connectivity index (χ0) is 10.3. The Bertz CT molecular complexity index is 210. The summed E-state index contributed by atoms with van der Waals surface area (Å²) >= 11 is 0. The molecular weight excluding hydrogens is 186 g/mol. The Morgan fingerprint density at radius 1 is 1.08 bits per heavy atom. The molecule has 0 saturated heterocycles. The van der Waals surface area contributed by atoms with Crippen LogP contribution >= 0.6 is 0 Å². The SMILES string of the molecule is CC(C)CCCCCCS(N)(=O)=O. The van der Waals surface area contributed by atoms with Gasteiger partial charge in [0.1, 0.15) is 0 Å². The topological polar surface area (TPSA) is 60.2 Å². The lowest BCUT2D eigenvalue weighted by Crippen LogP contribution is -2.16. The first kappa shape index (κ1) is 12.9. The predicted molar refractivity (Wildman–Crippen MR) is 55.9 cm³/mol. The van der Waals surface area contributed by atoms with Crippen LogP contribution in [-0.2, 0) is 10.0 Å². The van der Waals surface area contributed by atoms with Crippen LogP contribution in [0.2, 0.25) is 0 Å². The maximum Gasteiger partial charge on any atom is 0.209 e. The van der Waals surface area contributed by atoms with E-state index in [1.165, 1.54) is 12.8 Å². The minimum Gasteiger partial charge on any atom is -0.229 e. The van der Waals surface area contributed by atoms with Crippen molar-refractivity contribution >= 4 is 10.0 Å². The Labute approximate surface area is 81.8 Å². The molecule has 0 aliphatic carbocycles. The summed E-state index contributed by atoms with van der Waals surface area (Å²) in [6.07, 6.45) is 5.23. The average molecular weight is 207 g/mol. The molecule has 0 amide bonds. The molecule has 0 bridgehead atoms. The molecule has 0 aromatic heterocycles. The summed E-state index contributed by atoms with van der Waals surface area (Å²) in [5, 5.41) is 4.87. The smallest absolute Gasteiger partial charge is 0.209 e. The van der Waals surface area contributed by atoms with Crippen LogP contribution in [0.1, 0.15) is 46.0 Å². The number of rotatable bonds is 7. The number of hydrogen-bond acceptors (Lipinski definition) is 2. The van der Waals surface area contributed by atoms with Crippen LogP contribution in [0.3, 0.4) is 0 Å². The Morgan fingerprint density at radius 2 is 1.62 bits per heavy atom. The van der Waals surface area contributed by atoms with Crippen LogP contribution in [0.5, 0.6) is 0 Å². The molecule has 0 atom stereocenters. The van der Waals surface area contributed by atoms with Gasteiger partial charge in [-0.1, -0.05) is 39.5 Å². The quantitative estimate of drug-likeness (QED) is 0.648. The van der Waals surface area contributed by atoms with Gasteiger partial charge >= 0.3 is 0 Å². The standard InChI is InChI=1S/C9H21NO2S/c1-9(2)7-5-3-4-6-8-13(10,11)12/h9H,3-8H2,1-2H3,(H2,10,11,12). The molecule has 0 unspecified atom stereocenters. The molecule has 0 rings (SSSR count). The highest BCUT2D eigenvalue weighted by molar-refractivity contribution is 7.89. The third-order valence-corrected chi connectivity index (χ3v) is 2.82. The van der Waals surface area contributed by atoms with Crippen molar-refractivity contribution in [3.05, 3.63) is 0 Å². The van der Waals surface area contributed by atoms with Crippen LogP contribution in [0.25, 0.3) is 0 Å². The molecule has 0 aromatic rings. The lowest BCUT2D eigenvalue weighted by atomic mass is 10.0. The summed E-state index contributed by atoms with van der Waals surface area (Å²) in [5.74, 6) is 0.882. The summed E-state index contributed by atoms with van der Waals surface area (Å²) in [5.41, 5.74) is 0. The Kier molecular flexibility index (Phi) is 6.33. The zero-order valence-electron chi connectivity index (χ0n) is 8.62. The van der Waals surface area contributed by atoms with Crippen LogP contribution in [0, 0.1) is 5.92 Å². The highest BCUT2D eigenvalue weighted by Gasteiger charge is 2.01. The highest BCUT2D eigenvalue weighted by Crippen LogP contribution is 2.09. The molecule has 0 fully saturated rings. The Hall–Kier alpha value is -0.0900. The molecule has 0 aliphatic heterocycles. The molecule has 13 heavy (non-hydrogen) atoms. The summed E-state index contributed by atoms with van der Waals surface area (Å²) in [6.45, 7) is 4.40. The van der Waals surface area contributed by atoms with E-state index in [0.29, 0.717) is 6.42 Å². The van der Waals surface area contributed by atoms with Crippen molar-refractivity contribution in [1.82, 2.24) is 0 Å². The number of hydrogen-bond donors (Lipinski definition) is 1. The van der Waals surface area contributed by atoms with Gasteiger partial charge in [-0.25, -0.2) is 13.6 Å². The lowest BCUT2D eigenvalue weighted by Gasteiger charge is -2.03. The van der Waals surface area contributed by atoms with E-state index in [9.17, 15) is 8.42 Å². The molecule has 4 heteroatoms. The third-order valence-electron chi connectivity index (χ3n) is 1.96. The van der Waals surface area contributed by atoms with Crippen molar-refractivity contribution in [2.75, 3.05) is 5.75 Å². The van der Waals surface area contributed by atoms with Gasteiger partial charge < -0.3 is 0 Å². The Balaban J connectivity index is 3.18. The van der Waals surface area contributed by atoms with E-state index in [-0.39, 0.29) is 5.75 Å². The first-order chi connectivity index (χ1) is 5.92. The van der Waals surface area contributed by atoms with Gasteiger partial charge in [0.15, 0.2) is 0 Å². The summed E-state index contributed by atoms with van der Waals surface area (Å²) in [7, 11) is -3.23. The molecule has 2 N–H and O–H groups in total. The van der Waals surface area contributed by atoms with Gasteiger partial charge in [-0.15, -0.1) is 0 Å². The fourth-order valence-electron chi connectivity index (χ4n) is 1.21. The molecule has 3 nitrogen and oxygen atoms in total. The first-order valence-corrected chi connectivity index (χ1v) is 6.64. The van der Waals surface area contributed by atoms with Gasteiger partial charge in [0.2, 0.25) is 10.0 Å². The van der Waals surface area contributed by atoms with E-state index in [2.05, 4.69) is 13.8 Å². The fourth-order valence-corrected chi connectivity index (χ4v) is 1.82. The van der Waals surface area contributed by atoms with E-state index >= 15 is 0 Å². The monoisotopic (exact) mass is 207 g/mol. The second kappa shape index (κ2) is 6.38. The zero-order valence-corrected chi connectivity index (χ0v) is 9.44. The fraction of sp³-hybridized carbons (Fsp3) is 1.00. The maximum absolute atomic E-state index is 10.5. The van der Waals surface area contributed by atoms with Crippen molar-refractivity contribution in [3.8, 4) is 0 Å². The van der Waals surface area contributed by atoms with Crippen LogP contribution < -0.4 is 5.14 Å². The van der Waals surface area contributed by atoms with Gasteiger partial charge in [-0.05, 0) is 12.3 Å². The number of primary sulfonamides is 1. The van der Waals surface area contributed by atoms with Crippen molar-refractivity contribution in [3.63, 3.8) is 0 Å². The van der Waals surface area contributed by atoms with Crippen LogP contribution in [0.15, 0.2) is 0 Å². The highest BCUT2D eigenvalue weighted by atomic mass is 32.2. The van der Waals surface area contributed by atoms with E-state index < -0.39 is 10.0 Å². The van der Waals surface area contributed by atoms with E-state index in [4.69, 9.17) is 5.14 Å². The van der Waals surface area contributed by atoms with Crippen molar-refractivity contribution in [1.29, 1.82) is 0 Å². The van der Waals surface area contributed by atoms with Gasteiger partial charge in [-0.2, -0.15) is 0 Å². The van der Waals surface area contributed by atoms with Crippen molar-refractivity contribution in [2.24, 2.45) is 11.1 Å². The van der Waals surface area contributed by atoms with E-state index in [1.807, 2.05) is 0 Å². The summed E-state index contributed by atoms with van der Waals surface area (Å²) in [4.78, 5) is 0. The molecule has 0 aromatic carbocycles. The molecule has 0 spiro atoms. The molecule has 80 valence electrons. The van der Waals surface area contributed by atoms with Gasteiger partial charge in [0.25, 0.3) is 0 Å². The first-order valence-electron chi connectivity index (χ1n) is 4.92. The van der Waals surface area contributed by atoms with Gasteiger partial charge in [-0.3, -0.25) is 0 Å². The van der Waals surface area contributed by atoms with Crippen LogP contribution in [0.4, 0.5) is 0 Å². The maximum atomic E-state index is 10.5. The van der Waals surface area contributed by atoms with Crippen molar-refractivity contribution in [2.45, 2.75) is 46.0 Å². The average Bonchev–Trinajstić information content (AvgIpc) is 1.93. The molecule has 0 aliphatic rings.